The van der Waals surface area contributed by atoms with Crippen LogP contribution in [0.3, 0.4) is 0 Å². The minimum Gasteiger partial charge on any atom is -0.444 e. The number of nitrogens with zero attached hydrogens (tertiary/aromatic N) is 2. The van der Waals surface area contributed by atoms with Gasteiger partial charge >= 0.3 is 6.09 Å². The minimum absolute atomic E-state index is 0. The smallest absolute Gasteiger partial charge is 0.410 e. The first-order chi connectivity index (χ1) is 15.2. The molecule has 0 aromatic heterocycles. The zero-order valence-electron chi connectivity index (χ0n) is 20.3. The zero-order valence-corrected chi connectivity index (χ0v) is 22.6. The third-order valence-electron chi connectivity index (χ3n) is 5.96. The molecule has 0 aliphatic carbocycles. The third-order valence-corrected chi connectivity index (χ3v) is 5.96. The molecule has 0 spiro atoms. The summed E-state index contributed by atoms with van der Waals surface area (Å²) in [5, 5.41) is 6.85. The van der Waals surface area contributed by atoms with Gasteiger partial charge in [-0.1, -0.05) is 12.1 Å². The third kappa shape index (κ3) is 7.70. The van der Waals surface area contributed by atoms with Crippen LogP contribution >= 0.6 is 24.0 Å². The fourth-order valence-corrected chi connectivity index (χ4v) is 4.59. The number of carbonyl (C=O) groups excluding carboxylic acids is 1. The summed E-state index contributed by atoms with van der Waals surface area (Å²) in [7, 11) is 1.63. The molecule has 1 aromatic carbocycles. The Balaban J connectivity index is 0.00000385. The predicted molar refractivity (Wildman–Crippen MR) is 139 cm³/mol. The number of methoxy groups -OCH3 is 1. The van der Waals surface area contributed by atoms with E-state index < -0.39 is 5.60 Å². The van der Waals surface area contributed by atoms with E-state index in [1.807, 2.05) is 32.6 Å². The normalized spacial score (nSPS) is 23.5. The van der Waals surface area contributed by atoms with Crippen LogP contribution in [0.1, 0.15) is 65.0 Å². The van der Waals surface area contributed by atoms with Crippen LogP contribution in [-0.2, 0) is 9.47 Å². The lowest BCUT2D eigenvalue weighted by Gasteiger charge is -2.40. The number of benzene rings is 1. The highest BCUT2D eigenvalue weighted by molar-refractivity contribution is 14.0. The van der Waals surface area contributed by atoms with Gasteiger partial charge in [-0.05, 0) is 71.1 Å². The average molecular weight is 576 g/mol. The van der Waals surface area contributed by atoms with Crippen molar-refractivity contribution in [3.63, 3.8) is 0 Å². The molecule has 33 heavy (non-hydrogen) atoms. The first-order valence-electron chi connectivity index (χ1n) is 11.5. The molecule has 1 aromatic rings. The molecule has 0 saturated carbocycles. The highest BCUT2D eigenvalue weighted by atomic mass is 127. The summed E-state index contributed by atoms with van der Waals surface area (Å²) in [6, 6.07) is 6.93. The van der Waals surface area contributed by atoms with E-state index in [0.29, 0.717) is 6.54 Å². The van der Waals surface area contributed by atoms with E-state index in [2.05, 4.69) is 10.6 Å². The molecule has 1 amide bonds. The Morgan fingerprint density at radius 2 is 1.82 bits per heavy atom. The van der Waals surface area contributed by atoms with E-state index in [1.54, 1.807) is 19.2 Å². The van der Waals surface area contributed by atoms with Crippen LogP contribution in [0.2, 0.25) is 0 Å². The summed E-state index contributed by atoms with van der Waals surface area (Å²) < 4.78 is 24.4. The van der Waals surface area contributed by atoms with Gasteiger partial charge in [-0.25, -0.2) is 9.18 Å². The van der Waals surface area contributed by atoms with Crippen molar-refractivity contribution in [1.29, 1.82) is 0 Å². The van der Waals surface area contributed by atoms with E-state index in [9.17, 15) is 9.18 Å². The van der Waals surface area contributed by atoms with Crippen molar-refractivity contribution in [2.75, 3.05) is 20.2 Å². The van der Waals surface area contributed by atoms with Crippen LogP contribution in [0.15, 0.2) is 29.3 Å². The number of hydrogen-bond acceptors (Lipinski definition) is 4. The quantitative estimate of drug-likeness (QED) is 0.294. The van der Waals surface area contributed by atoms with Crippen LogP contribution in [0.4, 0.5) is 9.18 Å². The standard InChI is InChI=1S/C24H37FN4O3.HI/c1-6-26-22(27-15-21(31-5)16-7-9-17(25)10-8-16)28-18-13-19-11-12-20(14-18)29(19)23(30)32-24(2,3)4;/h7-10,18-21H,6,11-15H2,1-5H3,(H2,26,27,28);1H. The number of ether oxygens (including phenoxy) is 2. The molecule has 2 heterocycles. The van der Waals surface area contributed by atoms with Crippen molar-refractivity contribution < 1.29 is 18.7 Å². The number of guanidine groups is 1. The predicted octanol–water partition coefficient (Wildman–Crippen LogP) is 4.62. The maximum absolute atomic E-state index is 13.2. The van der Waals surface area contributed by atoms with Gasteiger partial charge in [-0.3, -0.25) is 4.99 Å². The molecular weight excluding hydrogens is 538 g/mol. The monoisotopic (exact) mass is 576 g/mol. The van der Waals surface area contributed by atoms with Crippen molar-refractivity contribution >= 4 is 36.0 Å². The highest BCUT2D eigenvalue weighted by Crippen LogP contribution is 2.36. The van der Waals surface area contributed by atoms with Gasteiger partial charge in [0.05, 0.1) is 6.54 Å². The molecule has 186 valence electrons. The maximum Gasteiger partial charge on any atom is 0.410 e. The number of aliphatic imine (C=N–C) groups is 1. The first-order valence-corrected chi connectivity index (χ1v) is 11.5. The van der Waals surface area contributed by atoms with Gasteiger partial charge in [0, 0.05) is 31.8 Å². The van der Waals surface area contributed by atoms with E-state index in [0.717, 1.165) is 43.8 Å². The number of piperidine rings is 1. The number of halogens is 2. The van der Waals surface area contributed by atoms with Crippen molar-refractivity contribution in [3.05, 3.63) is 35.6 Å². The second-order valence-electron chi connectivity index (χ2n) is 9.58. The second kappa shape index (κ2) is 12.2. The van der Waals surface area contributed by atoms with Crippen LogP contribution in [0, 0.1) is 5.82 Å². The lowest BCUT2D eigenvalue weighted by Crippen LogP contribution is -2.55. The number of nitrogens with one attached hydrogen (secondary N) is 2. The first kappa shape index (κ1) is 27.6. The Bertz CT molecular complexity index is 786. The molecule has 3 atom stereocenters. The number of amides is 1. The lowest BCUT2D eigenvalue weighted by atomic mass is 9.98. The molecule has 3 rings (SSSR count). The van der Waals surface area contributed by atoms with Crippen LogP contribution < -0.4 is 10.6 Å². The fraction of sp³-hybridized carbons (Fsp3) is 0.667. The Kier molecular flexibility index (Phi) is 10.2. The van der Waals surface area contributed by atoms with Crippen molar-refractivity contribution in [2.24, 2.45) is 4.99 Å². The van der Waals surface area contributed by atoms with Crippen molar-refractivity contribution in [1.82, 2.24) is 15.5 Å². The van der Waals surface area contributed by atoms with E-state index >= 15 is 0 Å². The molecule has 2 aliphatic heterocycles. The Hall–Kier alpha value is -1.62. The number of fused-ring (bicyclic) bond motifs is 2. The molecule has 7 nitrogen and oxygen atoms in total. The fourth-order valence-electron chi connectivity index (χ4n) is 4.59. The molecule has 2 bridgehead atoms. The van der Waals surface area contributed by atoms with Crippen molar-refractivity contribution in [2.45, 2.75) is 83.2 Å². The van der Waals surface area contributed by atoms with Gasteiger partial charge in [0.1, 0.15) is 17.5 Å². The topological polar surface area (TPSA) is 75.2 Å². The Morgan fingerprint density at radius 3 is 2.33 bits per heavy atom. The van der Waals surface area contributed by atoms with Gasteiger partial charge in [-0.2, -0.15) is 0 Å². The Morgan fingerprint density at radius 1 is 1.21 bits per heavy atom. The molecule has 2 fully saturated rings. The molecule has 2 saturated heterocycles. The average Bonchev–Trinajstić information content (AvgIpc) is 2.99. The number of hydrogen-bond donors (Lipinski definition) is 2. The molecule has 3 unspecified atom stereocenters. The molecule has 2 N–H and O–H groups in total. The van der Waals surface area contributed by atoms with Gasteiger partial charge in [0.2, 0.25) is 0 Å². The zero-order chi connectivity index (χ0) is 23.3. The summed E-state index contributed by atoms with van der Waals surface area (Å²) in [6.07, 6.45) is 3.29. The molecule has 9 heteroatoms. The second-order valence-corrected chi connectivity index (χ2v) is 9.58. The SMILES string of the molecule is CCNC(=NCC(OC)c1ccc(F)cc1)NC1CC2CCC(C1)N2C(=O)OC(C)(C)C.I. The van der Waals surface area contributed by atoms with E-state index in [1.165, 1.54) is 12.1 Å². The van der Waals surface area contributed by atoms with Crippen LogP contribution in [0.5, 0.6) is 0 Å². The van der Waals surface area contributed by atoms with Gasteiger partial charge in [-0.15, -0.1) is 24.0 Å². The Labute approximate surface area is 213 Å². The highest BCUT2D eigenvalue weighted by Gasteiger charge is 2.45. The molecule has 2 aliphatic rings. The maximum atomic E-state index is 13.2. The van der Waals surface area contributed by atoms with Crippen LogP contribution in [-0.4, -0.2) is 60.9 Å². The number of rotatable bonds is 6. The minimum atomic E-state index is -0.487. The number of carbonyl (C=O) groups is 1. The summed E-state index contributed by atoms with van der Waals surface area (Å²) >= 11 is 0. The molecule has 0 radical (unpaired) electrons. The van der Waals surface area contributed by atoms with E-state index in [4.69, 9.17) is 14.5 Å². The van der Waals surface area contributed by atoms with Gasteiger partial charge in [0.15, 0.2) is 5.96 Å². The lowest BCUT2D eigenvalue weighted by molar-refractivity contribution is 0.00544. The summed E-state index contributed by atoms with van der Waals surface area (Å²) in [4.78, 5) is 19.4. The summed E-state index contributed by atoms with van der Waals surface area (Å²) in [6.45, 7) is 8.89. The van der Waals surface area contributed by atoms with Gasteiger partial charge in [0.25, 0.3) is 0 Å². The summed E-state index contributed by atoms with van der Waals surface area (Å²) in [5.74, 6) is 0.459. The molecular formula is C24H38FIN4O3. The summed E-state index contributed by atoms with van der Waals surface area (Å²) in [5.41, 5.74) is 0.399. The van der Waals surface area contributed by atoms with Crippen molar-refractivity contribution in [3.8, 4) is 0 Å². The van der Waals surface area contributed by atoms with E-state index in [-0.39, 0.29) is 60.1 Å². The van der Waals surface area contributed by atoms with Gasteiger partial charge < -0.3 is 25.0 Å². The largest absolute Gasteiger partial charge is 0.444 e. The van der Waals surface area contributed by atoms with Crippen LogP contribution in [0.25, 0.3) is 0 Å².